The van der Waals surface area contributed by atoms with Crippen molar-refractivity contribution in [3.8, 4) is 5.75 Å². The third kappa shape index (κ3) is 3.93. The quantitative estimate of drug-likeness (QED) is 0.602. The Morgan fingerprint density at radius 1 is 1.38 bits per heavy atom. The fraction of sp³-hybridized carbons (Fsp3) is 0.312. The Kier molecular flexibility index (Phi) is 5.47. The van der Waals surface area contributed by atoms with Gasteiger partial charge in [0.25, 0.3) is 5.56 Å². The number of aromatic nitrogens is 3. The fourth-order valence-electron chi connectivity index (χ4n) is 2.06. The van der Waals surface area contributed by atoms with Crippen molar-refractivity contribution in [3.63, 3.8) is 0 Å². The molecule has 0 bridgehead atoms. The first-order chi connectivity index (χ1) is 11.7. The number of para-hydroxylation sites is 1. The highest BCUT2D eigenvalue weighted by Gasteiger charge is 2.08. The van der Waals surface area contributed by atoms with Gasteiger partial charge < -0.3 is 4.74 Å². The van der Waals surface area contributed by atoms with Crippen LogP contribution in [0.5, 0.6) is 5.75 Å². The zero-order chi connectivity index (χ0) is 16.9. The van der Waals surface area contributed by atoms with Crippen molar-refractivity contribution in [2.45, 2.75) is 19.1 Å². The first kappa shape index (κ1) is 16.9. The highest BCUT2D eigenvalue weighted by atomic mass is 32.2. The number of benzene rings is 1. The Balaban J connectivity index is 1.54. The molecule has 0 amide bonds. The molecule has 0 spiro atoms. The maximum atomic E-state index is 13.4. The van der Waals surface area contributed by atoms with Crippen LogP contribution in [0.15, 0.2) is 35.1 Å². The molecule has 2 heterocycles. The van der Waals surface area contributed by atoms with E-state index in [1.165, 1.54) is 28.0 Å². The van der Waals surface area contributed by atoms with Crippen LogP contribution in [0.25, 0.3) is 4.96 Å². The van der Waals surface area contributed by atoms with E-state index in [1.807, 2.05) is 6.92 Å². The predicted molar refractivity (Wildman–Crippen MR) is 94.6 cm³/mol. The van der Waals surface area contributed by atoms with E-state index >= 15 is 0 Å². The first-order valence-electron chi connectivity index (χ1n) is 7.51. The molecule has 3 aromatic rings. The van der Waals surface area contributed by atoms with Crippen molar-refractivity contribution in [1.82, 2.24) is 14.6 Å². The zero-order valence-corrected chi connectivity index (χ0v) is 14.7. The van der Waals surface area contributed by atoms with Crippen molar-refractivity contribution >= 4 is 28.1 Å². The van der Waals surface area contributed by atoms with Gasteiger partial charge in [-0.1, -0.05) is 30.4 Å². The number of aryl methyl sites for hydroxylation is 1. The van der Waals surface area contributed by atoms with E-state index in [9.17, 15) is 9.18 Å². The molecule has 3 rings (SSSR count). The summed E-state index contributed by atoms with van der Waals surface area (Å²) >= 11 is 3.02. The van der Waals surface area contributed by atoms with E-state index in [1.54, 1.807) is 30.0 Å². The van der Waals surface area contributed by atoms with Crippen LogP contribution < -0.4 is 10.3 Å². The van der Waals surface area contributed by atoms with Gasteiger partial charge in [-0.3, -0.25) is 4.79 Å². The van der Waals surface area contributed by atoms with E-state index in [0.29, 0.717) is 23.1 Å². The number of nitrogens with zero attached hydrogens (tertiary/aromatic N) is 3. The Morgan fingerprint density at radius 3 is 3.00 bits per heavy atom. The van der Waals surface area contributed by atoms with Gasteiger partial charge in [-0.2, -0.15) is 21.4 Å². The lowest BCUT2D eigenvalue weighted by molar-refractivity contribution is 0.325. The second kappa shape index (κ2) is 7.76. The molecular formula is C16H16FN3O2S2. The number of hydrogen-bond donors (Lipinski definition) is 0. The average Bonchev–Trinajstić information content (AvgIpc) is 3.00. The maximum absolute atomic E-state index is 13.4. The van der Waals surface area contributed by atoms with Crippen molar-refractivity contribution in [2.24, 2.45) is 0 Å². The molecule has 0 N–H and O–H groups in total. The molecule has 0 aliphatic heterocycles. The maximum Gasteiger partial charge on any atom is 0.275 e. The molecule has 0 fully saturated rings. The van der Waals surface area contributed by atoms with Crippen LogP contribution in [-0.4, -0.2) is 27.0 Å². The average molecular weight is 365 g/mol. The van der Waals surface area contributed by atoms with Gasteiger partial charge in [-0.05, 0) is 18.6 Å². The number of thioether (sulfide) groups is 1. The summed E-state index contributed by atoms with van der Waals surface area (Å²) in [4.78, 5) is 17.1. The molecule has 126 valence electrons. The number of ether oxygens (including phenoxy) is 1. The van der Waals surface area contributed by atoms with Crippen molar-refractivity contribution in [1.29, 1.82) is 0 Å². The van der Waals surface area contributed by atoms with E-state index in [4.69, 9.17) is 4.74 Å². The molecule has 0 aliphatic rings. The van der Waals surface area contributed by atoms with Crippen LogP contribution in [0.3, 0.4) is 0 Å². The summed E-state index contributed by atoms with van der Waals surface area (Å²) in [5.41, 5.74) is 0.566. The van der Waals surface area contributed by atoms with E-state index in [0.717, 1.165) is 17.1 Å². The molecule has 0 unspecified atom stereocenters. The van der Waals surface area contributed by atoms with Crippen LogP contribution in [-0.2, 0) is 12.2 Å². The minimum absolute atomic E-state index is 0.158. The van der Waals surface area contributed by atoms with Gasteiger partial charge in [-0.25, -0.2) is 9.37 Å². The van der Waals surface area contributed by atoms with Gasteiger partial charge in [0.05, 0.1) is 12.3 Å². The first-order valence-corrected chi connectivity index (χ1v) is 9.48. The molecule has 0 aliphatic carbocycles. The Morgan fingerprint density at radius 2 is 2.21 bits per heavy atom. The molecule has 0 atom stereocenters. The number of rotatable bonds is 7. The Hall–Kier alpha value is -1.93. The van der Waals surface area contributed by atoms with Gasteiger partial charge in [0.1, 0.15) is 5.01 Å². The topological polar surface area (TPSA) is 56.5 Å². The molecule has 1 aromatic carbocycles. The number of halogens is 1. The molecule has 2 aromatic heterocycles. The zero-order valence-electron chi connectivity index (χ0n) is 13.1. The molecule has 5 nitrogen and oxygen atoms in total. The summed E-state index contributed by atoms with van der Waals surface area (Å²) in [5.74, 6) is 1.18. The minimum Gasteiger partial charge on any atom is -0.490 e. The van der Waals surface area contributed by atoms with E-state index in [-0.39, 0.29) is 17.1 Å². The summed E-state index contributed by atoms with van der Waals surface area (Å²) in [6, 6.07) is 7.84. The second-order valence-corrected chi connectivity index (χ2v) is 7.11. The Bertz CT molecular complexity index is 894. The lowest BCUT2D eigenvalue weighted by Gasteiger charge is -2.06. The largest absolute Gasteiger partial charge is 0.490 e. The van der Waals surface area contributed by atoms with Gasteiger partial charge in [0, 0.05) is 17.6 Å². The van der Waals surface area contributed by atoms with Gasteiger partial charge in [0.2, 0.25) is 4.96 Å². The molecule has 8 heteroatoms. The van der Waals surface area contributed by atoms with Gasteiger partial charge >= 0.3 is 0 Å². The SMILES string of the molecule is CCc1nn2c(=O)cc(CSCCOc3ccccc3F)nc2s1. The van der Waals surface area contributed by atoms with Gasteiger partial charge in [-0.15, -0.1) is 0 Å². The highest BCUT2D eigenvalue weighted by molar-refractivity contribution is 7.98. The van der Waals surface area contributed by atoms with Crippen molar-refractivity contribution < 1.29 is 9.13 Å². The monoisotopic (exact) mass is 365 g/mol. The lowest BCUT2D eigenvalue weighted by atomic mass is 10.3. The predicted octanol–water partition coefficient (Wildman–Crippen LogP) is 3.16. The summed E-state index contributed by atoms with van der Waals surface area (Å²) in [5, 5.41) is 5.11. The van der Waals surface area contributed by atoms with Crippen LogP contribution in [0.4, 0.5) is 4.39 Å². The van der Waals surface area contributed by atoms with Crippen LogP contribution >= 0.6 is 23.1 Å². The number of hydrogen-bond acceptors (Lipinski definition) is 6. The summed E-state index contributed by atoms with van der Waals surface area (Å²) in [6.07, 6.45) is 0.783. The molecule has 24 heavy (non-hydrogen) atoms. The third-order valence-electron chi connectivity index (χ3n) is 3.21. The summed E-state index contributed by atoms with van der Waals surface area (Å²) < 4.78 is 20.1. The summed E-state index contributed by atoms with van der Waals surface area (Å²) in [6.45, 7) is 2.39. The summed E-state index contributed by atoms with van der Waals surface area (Å²) in [7, 11) is 0. The fourth-order valence-corrected chi connectivity index (χ4v) is 3.62. The normalized spacial score (nSPS) is 11.1. The van der Waals surface area contributed by atoms with Crippen LogP contribution in [0, 0.1) is 5.82 Å². The van der Waals surface area contributed by atoms with Crippen molar-refractivity contribution in [3.05, 3.63) is 57.2 Å². The molecular weight excluding hydrogens is 349 g/mol. The number of fused-ring (bicyclic) bond motifs is 1. The molecule has 0 radical (unpaired) electrons. The molecule has 0 saturated carbocycles. The standard InChI is InChI=1S/C16H16FN3O2S2/c1-2-14-19-20-15(21)9-11(18-16(20)24-14)10-23-8-7-22-13-6-4-3-5-12(13)17/h3-6,9H,2,7-8,10H2,1H3. The second-order valence-electron chi connectivity index (χ2n) is 4.96. The highest BCUT2D eigenvalue weighted by Crippen LogP contribution is 2.17. The molecule has 0 saturated heterocycles. The van der Waals surface area contributed by atoms with E-state index in [2.05, 4.69) is 10.1 Å². The minimum atomic E-state index is -0.362. The van der Waals surface area contributed by atoms with Crippen LogP contribution in [0.1, 0.15) is 17.6 Å². The lowest BCUT2D eigenvalue weighted by Crippen LogP contribution is -2.15. The van der Waals surface area contributed by atoms with Gasteiger partial charge in [0.15, 0.2) is 11.6 Å². The Labute approximate surface area is 146 Å². The third-order valence-corrected chi connectivity index (χ3v) is 5.22. The smallest absolute Gasteiger partial charge is 0.275 e. The van der Waals surface area contributed by atoms with E-state index < -0.39 is 0 Å². The van der Waals surface area contributed by atoms with Crippen LogP contribution in [0.2, 0.25) is 0 Å². The van der Waals surface area contributed by atoms with Crippen molar-refractivity contribution in [2.75, 3.05) is 12.4 Å².